The lowest BCUT2D eigenvalue weighted by Crippen LogP contribution is -2.16. The molecule has 0 unspecified atom stereocenters. The van der Waals surface area contributed by atoms with Crippen molar-refractivity contribution in [1.82, 2.24) is 9.78 Å². The van der Waals surface area contributed by atoms with Gasteiger partial charge in [0.15, 0.2) is 5.82 Å². The van der Waals surface area contributed by atoms with Gasteiger partial charge < -0.3 is 5.73 Å². The summed E-state index contributed by atoms with van der Waals surface area (Å²) in [5.41, 5.74) is 5.82. The first-order chi connectivity index (χ1) is 8.31. The largest absolute Gasteiger partial charge is 0.394 e. The Kier molecular flexibility index (Phi) is 3.45. The van der Waals surface area contributed by atoms with Gasteiger partial charge in [0.05, 0.1) is 16.2 Å². The molecule has 2 heterocycles. The van der Waals surface area contributed by atoms with E-state index in [1.807, 2.05) is 0 Å². The highest BCUT2D eigenvalue weighted by Crippen LogP contribution is 2.35. The van der Waals surface area contributed by atoms with Gasteiger partial charge in [-0.25, -0.2) is 8.42 Å². The maximum absolute atomic E-state index is 12.1. The third kappa shape index (κ3) is 2.41. The lowest BCUT2D eigenvalue weighted by molar-refractivity contribution is 0.600. The molecule has 0 amide bonds. The fourth-order valence-electron chi connectivity index (χ4n) is 1.27. The average Bonchev–Trinajstić information content (AvgIpc) is 2.75. The minimum atomic E-state index is -3.83. The van der Waals surface area contributed by atoms with E-state index in [-0.39, 0.29) is 20.7 Å². The minimum absolute atomic E-state index is 0.0835. The molecule has 0 aliphatic carbocycles. The molecule has 98 valence electrons. The van der Waals surface area contributed by atoms with Gasteiger partial charge in [0.25, 0.3) is 10.0 Å². The van der Waals surface area contributed by atoms with Crippen molar-refractivity contribution in [3.05, 3.63) is 20.9 Å². The Morgan fingerprint density at radius 2 is 2.17 bits per heavy atom. The maximum Gasteiger partial charge on any atom is 0.265 e. The number of nitrogens with two attached hydrogens (primary N) is 1. The first-order valence-corrected chi connectivity index (χ1v) is 7.62. The van der Waals surface area contributed by atoms with Crippen molar-refractivity contribution in [2.45, 2.75) is 4.90 Å². The van der Waals surface area contributed by atoms with Gasteiger partial charge >= 0.3 is 0 Å². The van der Waals surface area contributed by atoms with Crippen molar-refractivity contribution >= 4 is 56.1 Å². The van der Waals surface area contributed by atoms with Crippen LogP contribution in [0.15, 0.2) is 17.2 Å². The van der Waals surface area contributed by atoms with Crippen LogP contribution >= 0.6 is 34.5 Å². The predicted octanol–water partition coefficient (Wildman–Crippen LogP) is 2.17. The monoisotopic (exact) mass is 326 g/mol. The summed E-state index contributed by atoms with van der Waals surface area (Å²) in [5, 5.41) is 3.83. The molecule has 6 nitrogen and oxygen atoms in total. The fraction of sp³-hybridized carbons (Fsp3) is 0.125. The van der Waals surface area contributed by atoms with Crippen molar-refractivity contribution in [3.8, 4) is 0 Å². The third-order valence-corrected chi connectivity index (χ3v) is 5.20. The van der Waals surface area contributed by atoms with Gasteiger partial charge in [0, 0.05) is 7.05 Å². The number of aryl methyl sites for hydroxylation is 1. The standard InChI is InChI=1S/C8H8Cl2N4O2S2/c1-14-8(4(11)3-12-14)13-18(15,16)5-2-6(9)17-7(5)10/h2-3,13H,11H2,1H3. The lowest BCUT2D eigenvalue weighted by Gasteiger charge is -2.07. The summed E-state index contributed by atoms with van der Waals surface area (Å²) >= 11 is 12.5. The number of sulfonamides is 1. The summed E-state index contributed by atoms with van der Waals surface area (Å²) in [7, 11) is -2.27. The molecule has 2 aromatic rings. The van der Waals surface area contributed by atoms with Gasteiger partial charge in [-0.1, -0.05) is 23.2 Å². The zero-order valence-corrected chi connectivity index (χ0v) is 12.2. The molecular formula is C8H8Cl2N4O2S2. The Morgan fingerprint density at radius 1 is 1.50 bits per heavy atom. The summed E-state index contributed by atoms with van der Waals surface area (Å²) in [6.45, 7) is 0. The molecular weight excluding hydrogens is 319 g/mol. The van der Waals surface area contributed by atoms with E-state index in [1.165, 1.54) is 16.9 Å². The second-order valence-corrected chi connectivity index (χ2v) is 7.30. The highest BCUT2D eigenvalue weighted by Gasteiger charge is 2.23. The highest BCUT2D eigenvalue weighted by atomic mass is 35.5. The van der Waals surface area contributed by atoms with E-state index < -0.39 is 10.0 Å². The number of halogens is 2. The van der Waals surface area contributed by atoms with Crippen LogP contribution in [0.3, 0.4) is 0 Å². The molecule has 0 saturated heterocycles. The Hall–Kier alpha value is -0.960. The van der Waals surface area contributed by atoms with Crippen LogP contribution in [-0.2, 0) is 17.1 Å². The highest BCUT2D eigenvalue weighted by molar-refractivity contribution is 7.93. The summed E-state index contributed by atoms with van der Waals surface area (Å²) < 4.78 is 28.2. The molecule has 0 aliphatic rings. The number of aromatic nitrogens is 2. The molecule has 10 heteroatoms. The summed E-state index contributed by atoms with van der Waals surface area (Å²) in [6.07, 6.45) is 1.35. The van der Waals surface area contributed by atoms with Crippen LogP contribution in [0.25, 0.3) is 0 Å². The van der Waals surface area contributed by atoms with E-state index in [9.17, 15) is 8.42 Å². The molecule has 0 aromatic carbocycles. The SMILES string of the molecule is Cn1ncc(N)c1NS(=O)(=O)c1cc(Cl)sc1Cl. The second kappa shape index (κ2) is 4.61. The van der Waals surface area contributed by atoms with Gasteiger partial charge in [0.2, 0.25) is 0 Å². The molecule has 0 atom stereocenters. The number of nitrogen functional groups attached to an aromatic ring is 1. The van der Waals surface area contributed by atoms with Crippen LogP contribution in [0, 0.1) is 0 Å². The number of hydrogen-bond donors (Lipinski definition) is 2. The van der Waals surface area contributed by atoms with Crippen molar-refractivity contribution in [2.75, 3.05) is 10.5 Å². The Balaban J connectivity index is 2.42. The van der Waals surface area contributed by atoms with Gasteiger partial charge in [-0.15, -0.1) is 11.3 Å². The van der Waals surface area contributed by atoms with Crippen LogP contribution in [0.5, 0.6) is 0 Å². The number of hydrogen-bond acceptors (Lipinski definition) is 5. The zero-order chi connectivity index (χ0) is 13.5. The van der Waals surface area contributed by atoms with E-state index in [0.717, 1.165) is 11.3 Å². The van der Waals surface area contributed by atoms with Gasteiger partial charge in [-0.05, 0) is 6.07 Å². The van der Waals surface area contributed by atoms with Gasteiger partial charge in [0.1, 0.15) is 9.23 Å². The number of anilines is 2. The maximum atomic E-state index is 12.1. The van der Waals surface area contributed by atoms with Crippen LogP contribution in [0.4, 0.5) is 11.5 Å². The van der Waals surface area contributed by atoms with E-state index in [0.29, 0.717) is 4.34 Å². The van der Waals surface area contributed by atoms with Crippen molar-refractivity contribution in [3.63, 3.8) is 0 Å². The molecule has 0 aliphatic heterocycles. The van der Waals surface area contributed by atoms with E-state index in [1.54, 1.807) is 7.05 Å². The fourth-order valence-corrected chi connectivity index (χ4v) is 4.54. The molecule has 0 saturated carbocycles. The number of thiophene rings is 1. The topological polar surface area (TPSA) is 90.0 Å². The van der Waals surface area contributed by atoms with E-state index >= 15 is 0 Å². The summed E-state index contributed by atoms with van der Waals surface area (Å²) in [6, 6.07) is 1.28. The van der Waals surface area contributed by atoms with E-state index in [4.69, 9.17) is 28.9 Å². The molecule has 0 spiro atoms. The second-order valence-electron chi connectivity index (χ2n) is 3.37. The first kappa shape index (κ1) is 13.5. The van der Waals surface area contributed by atoms with Crippen LogP contribution < -0.4 is 10.5 Å². The van der Waals surface area contributed by atoms with Crippen molar-refractivity contribution in [1.29, 1.82) is 0 Å². The van der Waals surface area contributed by atoms with Crippen LogP contribution in [0.1, 0.15) is 0 Å². The Morgan fingerprint density at radius 3 is 2.61 bits per heavy atom. The Labute approximate surface area is 117 Å². The molecule has 0 fully saturated rings. The Bertz CT molecular complexity index is 673. The molecule has 2 rings (SSSR count). The van der Waals surface area contributed by atoms with Crippen LogP contribution in [-0.4, -0.2) is 18.2 Å². The molecule has 0 bridgehead atoms. The smallest absolute Gasteiger partial charge is 0.265 e. The number of nitrogens with one attached hydrogen (secondary N) is 1. The molecule has 18 heavy (non-hydrogen) atoms. The van der Waals surface area contributed by atoms with Crippen LogP contribution in [0.2, 0.25) is 8.67 Å². The normalized spacial score (nSPS) is 11.7. The van der Waals surface area contributed by atoms with Crippen molar-refractivity contribution in [2.24, 2.45) is 7.05 Å². The number of rotatable bonds is 3. The van der Waals surface area contributed by atoms with Gasteiger partial charge in [-0.3, -0.25) is 9.40 Å². The third-order valence-electron chi connectivity index (χ3n) is 2.11. The van der Waals surface area contributed by atoms with Gasteiger partial charge in [-0.2, -0.15) is 5.10 Å². The average molecular weight is 327 g/mol. The minimum Gasteiger partial charge on any atom is -0.394 e. The van der Waals surface area contributed by atoms with E-state index in [2.05, 4.69) is 9.82 Å². The molecule has 3 N–H and O–H groups in total. The summed E-state index contributed by atoms with van der Waals surface area (Å²) in [4.78, 5) is -0.0835. The first-order valence-electron chi connectivity index (χ1n) is 4.56. The summed E-state index contributed by atoms with van der Waals surface area (Å²) in [5.74, 6) is 0.174. The predicted molar refractivity (Wildman–Crippen MR) is 72.8 cm³/mol. The molecule has 0 radical (unpaired) electrons. The van der Waals surface area contributed by atoms with Crippen molar-refractivity contribution < 1.29 is 8.42 Å². The zero-order valence-electron chi connectivity index (χ0n) is 9.02. The quantitative estimate of drug-likeness (QED) is 0.904. The number of nitrogens with zero attached hydrogens (tertiary/aromatic N) is 2. The molecule has 2 aromatic heterocycles. The lowest BCUT2D eigenvalue weighted by atomic mass is 10.5.